The van der Waals surface area contributed by atoms with Gasteiger partial charge in [0.05, 0.1) is 6.10 Å². The van der Waals surface area contributed by atoms with Gasteiger partial charge in [-0.3, -0.25) is 0 Å². The molecule has 1 rings (SSSR count). The summed E-state index contributed by atoms with van der Waals surface area (Å²) in [6.45, 7) is 3.53. The highest BCUT2D eigenvalue weighted by Crippen LogP contribution is 2.30. The van der Waals surface area contributed by atoms with E-state index in [0.29, 0.717) is 12.6 Å². The molecule has 1 saturated carbocycles. The number of nitrogens with two attached hydrogens (primary N) is 1. The van der Waals surface area contributed by atoms with Crippen molar-refractivity contribution in [1.29, 1.82) is 0 Å². The smallest absolute Gasteiger partial charge is 0.0725 e. The SMILES string of the molecule is CCOC(CN)C1CCC1.Cl. The molecule has 0 aromatic heterocycles. The van der Waals surface area contributed by atoms with Gasteiger partial charge < -0.3 is 10.5 Å². The van der Waals surface area contributed by atoms with Crippen LogP contribution in [-0.4, -0.2) is 19.3 Å². The van der Waals surface area contributed by atoms with E-state index in [9.17, 15) is 0 Å². The minimum atomic E-state index is 0. The third-order valence-electron chi connectivity index (χ3n) is 2.29. The van der Waals surface area contributed by atoms with Crippen LogP contribution in [0.4, 0.5) is 0 Å². The zero-order valence-corrected chi connectivity index (χ0v) is 7.90. The first-order chi connectivity index (χ1) is 4.88. The Labute approximate surface area is 74.9 Å². The zero-order valence-electron chi connectivity index (χ0n) is 7.08. The second-order valence-electron chi connectivity index (χ2n) is 2.92. The second-order valence-corrected chi connectivity index (χ2v) is 2.92. The Morgan fingerprint density at radius 1 is 1.55 bits per heavy atom. The lowest BCUT2D eigenvalue weighted by Gasteiger charge is -2.32. The van der Waals surface area contributed by atoms with Crippen molar-refractivity contribution in [3.63, 3.8) is 0 Å². The molecule has 1 unspecified atom stereocenters. The summed E-state index contributed by atoms with van der Waals surface area (Å²) in [5, 5.41) is 0. The van der Waals surface area contributed by atoms with Crippen molar-refractivity contribution >= 4 is 12.4 Å². The minimum Gasteiger partial charge on any atom is -0.377 e. The summed E-state index contributed by atoms with van der Waals surface area (Å²) in [7, 11) is 0. The van der Waals surface area contributed by atoms with Crippen LogP contribution in [0.2, 0.25) is 0 Å². The van der Waals surface area contributed by atoms with Crippen LogP contribution in [0.3, 0.4) is 0 Å². The van der Waals surface area contributed by atoms with E-state index in [1.165, 1.54) is 19.3 Å². The van der Waals surface area contributed by atoms with Crippen LogP contribution < -0.4 is 5.73 Å². The molecule has 3 heteroatoms. The van der Waals surface area contributed by atoms with Gasteiger partial charge in [-0.1, -0.05) is 6.42 Å². The first kappa shape index (κ1) is 11.2. The molecule has 0 aromatic rings. The van der Waals surface area contributed by atoms with Crippen LogP contribution in [0.25, 0.3) is 0 Å². The molecule has 0 heterocycles. The van der Waals surface area contributed by atoms with Gasteiger partial charge in [-0.05, 0) is 25.7 Å². The Bertz CT molecular complexity index is 96.1. The summed E-state index contributed by atoms with van der Waals surface area (Å²) < 4.78 is 5.47. The fourth-order valence-corrected chi connectivity index (χ4v) is 1.42. The fourth-order valence-electron chi connectivity index (χ4n) is 1.42. The molecule has 1 aliphatic carbocycles. The van der Waals surface area contributed by atoms with Gasteiger partial charge in [0.1, 0.15) is 0 Å². The average Bonchev–Trinajstić information content (AvgIpc) is 1.83. The maximum absolute atomic E-state index is 5.54. The lowest BCUT2D eigenvalue weighted by molar-refractivity contribution is -0.00106. The van der Waals surface area contributed by atoms with Crippen molar-refractivity contribution in [1.82, 2.24) is 0 Å². The molecular formula is C8H18ClNO. The van der Waals surface area contributed by atoms with Gasteiger partial charge in [-0.15, -0.1) is 12.4 Å². The van der Waals surface area contributed by atoms with Gasteiger partial charge >= 0.3 is 0 Å². The van der Waals surface area contributed by atoms with Gasteiger partial charge in [-0.25, -0.2) is 0 Å². The molecule has 1 atom stereocenters. The monoisotopic (exact) mass is 179 g/mol. The van der Waals surface area contributed by atoms with Crippen molar-refractivity contribution in [2.24, 2.45) is 11.7 Å². The van der Waals surface area contributed by atoms with E-state index in [-0.39, 0.29) is 12.4 Å². The molecule has 0 aromatic carbocycles. The zero-order chi connectivity index (χ0) is 7.40. The summed E-state index contributed by atoms with van der Waals surface area (Å²) in [4.78, 5) is 0. The molecule has 0 amide bonds. The van der Waals surface area contributed by atoms with E-state index in [1.807, 2.05) is 6.92 Å². The summed E-state index contributed by atoms with van der Waals surface area (Å²) in [6.07, 6.45) is 4.36. The van der Waals surface area contributed by atoms with Crippen LogP contribution in [0.1, 0.15) is 26.2 Å². The van der Waals surface area contributed by atoms with E-state index < -0.39 is 0 Å². The van der Waals surface area contributed by atoms with Crippen LogP contribution in [0.5, 0.6) is 0 Å². The van der Waals surface area contributed by atoms with Crippen LogP contribution >= 0.6 is 12.4 Å². The third-order valence-corrected chi connectivity index (χ3v) is 2.29. The molecule has 1 fully saturated rings. The van der Waals surface area contributed by atoms with E-state index in [4.69, 9.17) is 10.5 Å². The third kappa shape index (κ3) is 2.97. The van der Waals surface area contributed by atoms with Crippen LogP contribution in [0, 0.1) is 5.92 Å². The van der Waals surface area contributed by atoms with Gasteiger partial charge in [-0.2, -0.15) is 0 Å². The van der Waals surface area contributed by atoms with Crippen molar-refractivity contribution in [2.45, 2.75) is 32.3 Å². The molecule has 11 heavy (non-hydrogen) atoms. The Morgan fingerprint density at radius 3 is 2.45 bits per heavy atom. The van der Waals surface area contributed by atoms with E-state index in [2.05, 4.69) is 0 Å². The predicted molar refractivity (Wildman–Crippen MR) is 49.1 cm³/mol. The fraction of sp³-hybridized carbons (Fsp3) is 1.00. The molecular weight excluding hydrogens is 162 g/mol. The number of halogens is 1. The minimum absolute atomic E-state index is 0. The van der Waals surface area contributed by atoms with Gasteiger partial charge in [0.2, 0.25) is 0 Å². The highest BCUT2D eigenvalue weighted by atomic mass is 35.5. The average molecular weight is 180 g/mol. The number of ether oxygens (including phenoxy) is 1. The summed E-state index contributed by atoms with van der Waals surface area (Å²) in [6, 6.07) is 0. The van der Waals surface area contributed by atoms with Crippen molar-refractivity contribution in [3.8, 4) is 0 Å². The molecule has 68 valence electrons. The Kier molecular flexibility index (Phi) is 5.92. The quantitative estimate of drug-likeness (QED) is 0.711. The van der Waals surface area contributed by atoms with E-state index in [0.717, 1.165) is 12.5 Å². The largest absolute Gasteiger partial charge is 0.377 e. The van der Waals surface area contributed by atoms with Crippen LogP contribution in [0.15, 0.2) is 0 Å². The van der Waals surface area contributed by atoms with Crippen molar-refractivity contribution in [2.75, 3.05) is 13.2 Å². The molecule has 0 aliphatic heterocycles. The lowest BCUT2D eigenvalue weighted by Crippen LogP contribution is -2.35. The highest BCUT2D eigenvalue weighted by molar-refractivity contribution is 5.85. The van der Waals surface area contributed by atoms with Gasteiger partial charge in [0, 0.05) is 13.2 Å². The van der Waals surface area contributed by atoms with Gasteiger partial charge in [0.15, 0.2) is 0 Å². The first-order valence-corrected chi connectivity index (χ1v) is 4.20. The van der Waals surface area contributed by atoms with Crippen molar-refractivity contribution in [3.05, 3.63) is 0 Å². The molecule has 2 N–H and O–H groups in total. The maximum atomic E-state index is 5.54. The Balaban J connectivity index is 0.000001000. The number of rotatable bonds is 4. The van der Waals surface area contributed by atoms with Crippen LogP contribution in [-0.2, 0) is 4.74 Å². The summed E-state index contributed by atoms with van der Waals surface area (Å²) >= 11 is 0. The Morgan fingerprint density at radius 2 is 2.18 bits per heavy atom. The highest BCUT2D eigenvalue weighted by Gasteiger charge is 2.26. The lowest BCUT2D eigenvalue weighted by atomic mass is 9.81. The molecule has 1 aliphatic rings. The topological polar surface area (TPSA) is 35.2 Å². The second kappa shape index (κ2) is 5.81. The molecule has 0 bridgehead atoms. The number of hydrogen-bond donors (Lipinski definition) is 1. The maximum Gasteiger partial charge on any atom is 0.0725 e. The van der Waals surface area contributed by atoms with E-state index >= 15 is 0 Å². The normalized spacial score (nSPS) is 20.2. The summed E-state index contributed by atoms with van der Waals surface area (Å²) in [5.41, 5.74) is 5.54. The molecule has 0 saturated heterocycles. The van der Waals surface area contributed by atoms with Gasteiger partial charge in [0.25, 0.3) is 0 Å². The molecule has 0 spiro atoms. The predicted octanol–water partition coefficient (Wildman–Crippen LogP) is 1.57. The first-order valence-electron chi connectivity index (χ1n) is 4.20. The Hall–Kier alpha value is 0.210. The molecule has 2 nitrogen and oxygen atoms in total. The molecule has 0 radical (unpaired) electrons. The number of hydrogen-bond acceptors (Lipinski definition) is 2. The summed E-state index contributed by atoms with van der Waals surface area (Å²) in [5.74, 6) is 0.768. The van der Waals surface area contributed by atoms with E-state index in [1.54, 1.807) is 0 Å². The standard InChI is InChI=1S/C8H17NO.ClH/c1-2-10-8(6-9)7-4-3-5-7;/h7-8H,2-6,9H2,1H3;1H. The van der Waals surface area contributed by atoms with Crippen molar-refractivity contribution < 1.29 is 4.74 Å².